The highest BCUT2D eigenvalue weighted by Crippen LogP contribution is 2.32. The van der Waals surface area contributed by atoms with Crippen molar-refractivity contribution in [1.82, 2.24) is 4.90 Å². The molecule has 1 heterocycles. The van der Waals surface area contributed by atoms with Gasteiger partial charge in [0.15, 0.2) is 0 Å². The van der Waals surface area contributed by atoms with Crippen LogP contribution >= 0.6 is 11.8 Å². The molecule has 7 heteroatoms. The van der Waals surface area contributed by atoms with E-state index in [-0.39, 0.29) is 17.5 Å². The van der Waals surface area contributed by atoms with E-state index in [4.69, 9.17) is 0 Å². The lowest BCUT2D eigenvalue weighted by Gasteiger charge is -2.31. The van der Waals surface area contributed by atoms with E-state index in [1.54, 1.807) is 4.90 Å². The van der Waals surface area contributed by atoms with Crippen LogP contribution in [0.2, 0.25) is 0 Å². The van der Waals surface area contributed by atoms with E-state index in [1.165, 1.54) is 17.8 Å². The number of carbonyl (C=O) groups is 2. The maximum Gasteiger partial charge on any atom is 0.248 e. The molecule has 1 N–H and O–H groups in total. The Hall–Kier alpha value is -1.63. The van der Waals surface area contributed by atoms with E-state index in [2.05, 4.69) is 5.32 Å². The average Bonchev–Trinajstić information content (AvgIpc) is 2.89. The Labute approximate surface area is 131 Å². The van der Waals surface area contributed by atoms with Gasteiger partial charge in [-0.3, -0.25) is 9.59 Å². The van der Waals surface area contributed by atoms with Crippen LogP contribution in [0.5, 0.6) is 0 Å². The van der Waals surface area contributed by atoms with E-state index in [0.717, 1.165) is 31.4 Å². The third-order valence-corrected chi connectivity index (χ3v) is 5.12. The first kappa shape index (κ1) is 15.3. The smallest absolute Gasteiger partial charge is 0.248 e. The van der Waals surface area contributed by atoms with Crippen molar-refractivity contribution in [2.75, 3.05) is 16.9 Å². The Bertz CT molecular complexity index is 607. The fraction of sp³-hybridized carbons (Fsp3) is 0.467. The summed E-state index contributed by atoms with van der Waals surface area (Å²) < 4.78 is 26.5. The molecule has 0 bridgehead atoms. The van der Waals surface area contributed by atoms with Crippen LogP contribution in [0.1, 0.15) is 19.3 Å². The van der Waals surface area contributed by atoms with Crippen molar-refractivity contribution in [2.45, 2.75) is 25.3 Å². The summed E-state index contributed by atoms with van der Waals surface area (Å²) in [6.45, 7) is 0. The lowest BCUT2D eigenvalue weighted by atomic mass is 9.84. The standard InChI is InChI=1S/C15H16F2N2O2S/c16-10-4-5-12(11(17)6-10)18-14(20)13-7-22-8-19(13)15(21)9-2-1-3-9/h4-6,9,13H,1-3,7-8H2,(H,18,20)/t13-/m1/s1. The van der Waals surface area contributed by atoms with Crippen molar-refractivity contribution < 1.29 is 18.4 Å². The van der Waals surface area contributed by atoms with E-state index in [1.807, 2.05) is 0 Å². The molecule has 4 nitrogen and oxygen atoms in total. The van der Waals surface area contributed by atoms with Crippen molar-refractivity contribution in [1.29, 1.82) is 0 Å². The second-order valence-electron chi connectivity index (χ2n) is 5.56. The normalized spacial score (nSPS) is 21.5. The van der Waals surface area contributed by atoms with Gasteiger partial charge in [0, 0.05) is 17.7 Å². The molecule has 1 aliphatic carbocycles. The van der Waals surface area contributed by atoms with Crippen LogP contribution in [-0.4, -0.2) is 34.4 Å². The van der Waals surface area contributed by atoms with E-state index < -0.39 is 23.6 Å². The van der Waals surface area contributed by atoms with Crippen LogP contribution in [0.15, 0.2) is 18.2 Å². The molecule has 2 aliphatic rings. The molecule has 3 rings (SSSR count). The number of amides is 2. The molecule has 1 aromatic rings. The van der Waals surface area contributed by atoms with Crippen LogP contribution in [0.25, 0.3) is 0 Å². The third-order valence-electron chi connectivity index (χ3n) is 4.11. The first-order valence-corrected chi connectivity index (χ1v) is 8.36. The summed E-state index contributed by atoms with van der Waals surface area (Å²) in [6, 6.07) is 2.39. The number of carbonyl (C=O) groups excluding carboxylic acids is 2. The van der Waals surface area contributed by atoms with Crippen molar-refractivity contribution in [3.05, 3.63) is 29.8 Å². The zero-order chi connectivity index (χ0) is 15.7. The number of nitrogens with one attached hydrogen (secondary N) is 1. The van der Waals surface area contributed by atoms with E-state index in [0.29, 0.717) is 11.6 Å². The van der Waals surface area contributed by atoms with Gasteiger partial charge >= 0.3 is 0 Å². The molecule has 2 fully saturated rings. The van der Waals surface area contributed by atoms with Gasteiger partial charge in [-0.05, 0) is 25.0 Å². The molecule has 0 radical (unpaired) electrons. The van der Waals surface area contributed by atoms with Crippen LogP contribution < -0.4 is 5.32 Å². The van der Waals surface area contributed by atoms with E-state index in [9.17, 15) is 18.4 Å². The van der Waals surface area contributed by atoms with Gasteiger partial charge in [-0.25, -0.2) is 8.78 Å². The van der Waals surface area contributed by atoms with Crippen LogP contribution in [0, 0.1) is 17.6 Å². The van der Waals surface area contributed by atoms with Gasteiger partial charge in [-0.15, -0.1) is 11.8 Å². The highest BCUT2D eigenvalue weighted by molar-refractivity contribution is 7.99. The predicted molar refractivity (Wildman–Crippen MR) is 80.3 cm³/mol. The molecule has 0 unspecified atom stereocenters. The minimum atomic E-state index is -0.823. The minimum Gasteiger partial charge on any atom is -0.322 e. The Balaban J connectivity index is 1.69. The largest absolute Gasteiger partial charge is 0.322 e. The molecule has 118 valence electrons. The number of anilines is 1. The molecule has 1 saturated heterocycles. The van der Waals surface area contributed by atoms with Gasteiger partial charge in [0.2, 0.25) is 11.8 Å². The van der Waals surface area contributed by atoms with Gasteiger partial charge < -0.3 is 10.2 Å². The zero-order valence-corrected chi connectivity index (χ0v) is 12.7. The molecule has 22 heavy (non-hydrogen) atoms. The lowest BCUT2D eigenvalue weighted by molar-refractivity contribution is -0.141. The number of benzene rings is 1. The fourth-order valence-corrected chi connectivity index (χ4v) is 3.74. The zero-order valence-electron chi connectivity index (χ0n) is 11.9. The Morgan fingerprint density at radius 2 is 2.05 bits per heavy atom. The second-order valence-corrected chi connectivity index (χ2v) is 6.56. The monoisotopic (exact) mass is 326 g/mol. The van der Waals surface area contributed by atoms with Crippen LogP contribution in [0.3, 0.4) is 0 Å². The third kappa shape index (κ3) is 2.95. The van der Waals surface area contributed by atoms with Crippen LogP contribution in [0.4, 0.5) is 14.5 Å². The van der Waals surface area contributed by atoms with Crippen molar-refractivity contribution in [3.63, 3.8) is 0 Å². The summed E-state index contributed by atoms with van der Waals surface area (Å²) in [5.74, 6) is -0.938. The van der Waals surface area contributed by atoms with Gasteiger partial charge in [0.25, 0.3) is 0 Å². The second kappa shape index (κ2) is 6.24. The molecule has 1 atom stereocenters. The van der Waals surface area contributed by atoms with E-state index >= 15 is 0 Å². The number of halogens is 2. The minimum absolute atomic E-state index is 0.0102. The van der Waals surface area contributed by atoms with Crippen LogP contribution in [-0.2, 0) is 9.59 Å². The maximum absolute atomic E-state index is 13.6. The topological polar surface area (TPSA) is 49.4 Å². The van der Waals surface area contributed by atoms with Crippen molar-refractivity contribution in [3.8, 4) is 0 Å². The first-order valence-electron chi connectivity index (χ1n) is 7.20. The highest BCUT2D eigenvalue weighted by atomic mass is 32.2. The van der Waals surface area contributed by atoms with Gasteiger partial charge in [-0.2, -0.15) is 0 Å². The molecule has 1 saturated carbocycles. The maximum atomic E-state index is 13.6. The lowest BCUT2D eigenvalue weighted by Crippen LogP contribution is -2.48. The summed E-state index contributed by atoms with van der Waals surface area (Å²) in [6.07, 6.45) is 2.80. The molecule has 0 spiro atoms. The van der Waals surface area contributed by atoms with Gasteiger partial charge in [0.05, 0.1) is 11.6 Å². The number of thioether (sulfide) groups is 1. The van der Waals surface area contributed by atoms with Gasteiger partial charge in [-0.1, -0.05) is 6.42 Å². The molecule has 0 aromatic heterocycles. The Morgan fingerprint density at radius 3 is 2.68 bits per heavy atom. The average molecular weight is 326 g/mol. The number of hydrogen-bond donors (Lipinski definition) is 1. The Morgan fingerprint density at radius 1 is 1.27 bits per heavy atom. The summed E-state index contributed by atoms with van der Waals surface area (Å²) in [5.41, 5.74) is -0.0701. The first-order chi connectivity index (χ1) is 10.6. The summed E-state index contributed by atoms with van der Waals surface area (Å²) in [7, 11) is 0. The fourth-order valence-electron chi connectivity index (χ4n) is 2.57. The molecule has 2 amide bonds. The highest BCUT2D eigenvalue weighted by Gasteiger charge is 2.39. The molecule has 1 aliphatic heterocycles. The number of hydrogen-bond acceptors (Lipinski definition) is 3. The number of rotatable bonds is 3. The molecular weight excluding hydrogens is 310 g/mol. The molecular formula is C15H16F2N2O2S. The molecule has 1 aromatic carbocycles. The SMILES string of the molecule is O=C(Nc1ccc(F)cc1F)[C@H]1CSCN1C(=O)C1CCC1. The van der Waals surface area contributed by atoms with Gasteiger partial charge in [0.1, 0.15) is 17.7 Å². The Kier molecular flexibility index (Phi) is 4.33. The summed E-state index contributed by atoms with van der Waals surface area (Å²) in [5, 5.41) is 2.45. The summed E-state index contributed by atoms with van der Waals surface area (Å²) in [4.78, 5) is 26.2. The predicted octanol–water partition coefficient (Wildman–Crippen LogP) is 2.60. The number of nitrogens with zero attached hydrogens (tertiary/aromatic N) is 1. The quantitative estimate of drug-likeness (QED) is 0.929. The van der Waals surface area contributed by atoms with Crippen molar-refractivity contribution >= 4 is 29.3 Å². The summed E-state index contributed by atoms with van der Waals surface area (Å²) >= 11 is 1.51. The van der Waals surface area contributed by atoms with Crippen molar-refractivity contribution in [2.24, 2.45) is 5.92 Å².